The zero-order chi connectivity index (χ0) is 14.0. The van der Waals surface area contributed by atoms with E-state index in [-0.39, 0.29) is 29.0 Å². The molecule has 1 atom stereocenters. The number of thiocarbonyl (C=S) groups is 1. The van der Waals surface area contributed by atoms with E-state index in [1.165, 1.54) is 0 Å². The third kappa shape index (κ3) is 3.44. The summed E-state index contributed by atoms with van der Waals surface area (Å²) in [7, 11) is 0. The van der Waals surface area contributed by atoms with Gasteiger partial charge in [0, 0.05) is 6.04 Å². The molecule has 0 heterocycles. The fraction of sp³-hybridized carbons (Fsp3) is 0.429. The molecule has 0 spiro atoms. The quantitative estimate of drug-likeness (QED) is 0.803. The maximum Gasteiger partial charge on any atom is 0.258 e. The second kappa shape index (κ2) is 5.17. The fourth-order valence-electron chi connectivity index (χ4n) is 1.89. The van der Waals surface area contributed by atoms with Crippen LogP contribution in [0.1, 0.15) is 25.8 Å². The highest BCUT2D eigenvalue weighted by Gasteiger charge is 2.46. The maximum atomic E-state index is 11.7. The number of hydrogen-bond donors (Lipinski definition) is 2. The molecule has 1 unspecified atom stereocenters. The standard InChI is InChI=1S/C14H18N2O2S/c1-14(2)7-11(14)16-12(17)8-18-10-6-4-3-5-9(10)13(15)19/h3-6,11H,7-8H2,1-2H3,(H2,15,19)(H,16,17). The maximum absolute atomic E-state index is 11.7. The van der Waals surface area contributed by atoms with Crippen LogP contribution in [0.5, 0.6) is 5.75 Å². The molecular weight excluding hydrogens is 260 g/mol. The minimum absolute atomic E-state index is 0.0216. The highest BCUT2D eigenvalue weighted by atomic mass is 32.1. The number of amides is 1. The van der Waals surface area contributed by atoms with E-state index in [0.717, 1.165) is 6.42 Å². The zero-order valence-electron chi connectivity index (χ0n) is 11.1. The van der Waals surface area contributed by atoms with Crippen molar-refractivity contribution in [3.63, 3.8) is 0 Å². The van der Waals surface area contributed by atoms with Crippen molar-refractivity contribution < 1.29 is 9.53 Å². The summed E-state index contributed by atoms with van der Waals surface area (Å²) < 4.78 is 5.48. The van der Waals surface area contributed by atoms with Crippen molar-refractivity contribution in [1.29, 1.82) is 0 Å². The molecule has 1 amide bonds. The number of benzene rings is 1. The molecule has 5 heteroatoms. The van der Waals surface area contributed by atoms with Gasteiger partial charge in [-0.15, -0.1) is 0 Å². The molecule has 1 aromatic rings. The molecule has 4 nitrogen and oxygen atoms in total. The van der Waals surface area contributed by atoms with Crippen molar-refractivity contribution in [1.82, 2.24) is 5.32 Å². The lowest BCUT2D eigenvalue weighted by molar-refractivity contribution is -0.123. The topological polar surface area (TPSA) is 64.3 Å². The summed E-state index contributed by atoms with van der Waals surface area (Å²) >= 11 is 4.94. The molecule has 0 aromatic heterocycles. The van der Waals surface area contributed by atoms with Crippen LogP contribution in [0.4, 0.5) is 0 Å². The number of ether oxygens (including phenoxy) is 1. The Bertz CT molecular complexity index is 514. The molecule has 0 radical (unpaired) electrons. The van der Waals surface area contributed by atoms with Crippen LogP contribution in [0, 0.1) is 5.41 Å². The first-order valence-corrected chi connectivity index (χ1v) is 6.62. The van der Waals surface area contributed by atoms with Crippen LogP contribution in [0.25, 0.3) is 0 Å². The first-order chi connectivity index (χ1) is 8.90. The summed E-state index contributed by atoms with van der Waals surface area (Å²) in [4.78, 5) is 12.0. The Morgan fingerprint density at radius 3 is 2.74 bits per heavy atom. The Morgan fingerprint density at radius 2 is 2.16 bits per heavy atom. The van der Waals surface area contributed by atoms with Crippen molar-refractivity contribution in [3.8, 4) is 5.75 Å². The molecule has 0 bridgehead atoms. The van der Waals surface area contributed by atoms with Gasteiger partial charge in [0.15, 0.2) is 6.61 Å². The number of hydrogen-bond acceptors (Lipinski definition) is 3. The third-order valence-corrected chi connectivity index (χ3v) is 3.58. The molecule has 3 N–H and O–H groups in total. The van der Waals surface area contributed by atoms with Crippen molar-refractivity contribution in [3.05, 3.63) is 29.8 Å². The van der Waals surface area contributed by atoms with Gasteiger partial charge in [-0.2, -0.15) is 0 Å². The number of rotatable bonds is 5. The van der Waals surface area contributed by atoms with Crippen LogP contribution >= 0.6 is 12.2 Å². The molecule has 1 aliphatic rings. The molecule has 0 saturated heterocycles. The van der Waals surface area contributed by atoms with E-state index < -0.39 is 0 Å². The lowest BCUT2D eigenvalue weighted by Gasteiger charge is -2.11. The Hall–Kier alpha value is -1.62. The summed E-state index contributed by atoms with van der Waals surface area (Å²) in [5.41, 5.74) is 6.46. The van der Waals surface area contributed by atoms with Gasteiger partial charge in [0.2, 0.25) is 0 Å². The lowest BCUT2D eigenvalue weighted by atomic mass is 10.2. The van der Waals surface area contributed by atoms with E-state index >= 15 is 0 Å². The second-order valence-corrected chi connectivity index (χ2v) is 5.90. The SMILES string of the molecule is CC1(C)CC1NC(=O)COc1ccccc1C(N)=S. The molecule has 1 fully saturated rings. The van der Waals surface area contributed by atoms with Gasteiger partial charge in [-0.1, -0.05) is 38.2 Å². The van der Waals surface area contributed by atoms with Crippen LogP contribution in [-0.4, -0.2) is 23.5 Å². The predicted molar refractivity (Wildman–Crippen MR) is 78.2 cm³/mol. The van der Waals surface area contributed by atoms with Crippen molar-refractivity contribution in [2.45, 2.75) is 26.3 Å². The average molecular weight is 278 g/mol. The van der Waals surface area contributed by atoms with E-state index in [1.54, 1.807) is 12.1 Å². The van der Waals surface area contributed by atoms with Gasteiger partial charge in [0.25, 0.3) is 5.91 Å². The van der Waals surface area contributed by atoms with Gasteiger partial charge < -0.3 is 15.8 Å². The monoisotopic (exact) mass is 278 g/mol. The van der Waals surface area contributed by atoms with E-state index in [1.807, 2.05) is 12.1 Å². The van der Waals surface area contributed by atoms with Gasteiger partial charge in [-0.3, -0.25) is 4.79 Å². The van der Waals surface area contributed by atoms with Crippen LogP contribution in [0.15, 0.2) is 24.3 Å². The predicted octanol–water partition coefficient (Wildman–Crippen LogP) is 1.61. The molecule has 2 rings (SSSR count). The van der Waals surface area contributed by atoms with E-state index in [9.17, 15) is 4.79 Å². The zero-order valence-corrected chi connectivity index (χ0v) is 11.9. The first-order valence-electron chi connectivity index (χ1n) is 6.21. The smallest absolute Gasteiger partial charge is 0.258 e. The summed E-state index contributed by atoms with van der Waals surface area (Å²) in [5.74, 6) is 0.425. The number of para-hydroxylation sites is 1. The molecule has 19 heavy (non-hydrogen) atoms. The lowest BCUT2D eigenvalue weighted by Crippen LogP contribution is -2.32. The Kier molecular flexibility index (Phi) is 3.75. The van der Waals surface area contributed by atoms with Crippen molar-refractivity contribution in [2.24, 2.45) is 11.1 Å². The van der Waals surface area contributed by atoms with Crippen LogP contribution in [0.3, 0.4) is 0 Å². The minimum atomic E-state index is -0.117. The van der Waals surface area contributed by atoms with E-state index in [2.05, 4.69) is 19.2 Å². The van der Waals surface area contributed by atoms with Crippen molar-refractivity contribution in [2.75, 3.05) is 6.61 Å². The minimum Gasteiger partial charge on any atom is -0.483 e. The fourth-order valence-corrected chi connectivity index (χ4v) is 2.06. The van der Waals surface area contributed by atoms with Crippen LogP contribution in [-0.2, 0) is 4.79 Å². The first kappa shape index (κ1) is 13.8. The molecule has 1 aromatic carbocycles. The van der Waals surface area contributed by atoms with Gasteiger partial charge in [-0.25, -0.2) is 0 Å². The Morgan fingerprint density at radius 1 is 1.53 bits per heavy atom. The summed E-state index contributed by atoms with van der Waals surface area (Å²) in [6, 6.07) is 7.43. The highest BCUT2D eigenvalue weighted by Crippen LogP contribution is 2.44. The van der Waals surface area contributed by atoms with E-state index in [0.29, 0.717) is 11.3 Å². The van der Waals surface area contributed by atoms with Gasteiger partial charge in [0.05, 0.1) is 5.56 Å². The Labute approximate surface area is 118 Å². The van der Waals surface area contributed by atoms with Gasteiger partial charge >= 0.3 is 0 Å². The molecule has 1 aliphatic carbocycles. The summed E-state index contributed by atoms with van der Waals surface area (Å²) in [6.45, 7) is 4.23. The van der Waals surface area contributed by atoms with E-state index in [4.69, 9.17) is 22.7 Å². The average Bonchev–Trinajstić information content (AvgIpc) is 2.94. The number of nitrogens with one attached hydrogen (secondary N) is 1. The summed E-state index contributed by atoms with van der Waals surface area (Å²) in [6.07, 6.45) is 1.02. The Balaban J connectivity index is 1.89. The number of nitrogens with two attached hydrogens (primary N) is 1. The summed E-state index contributed by atoms with van der Waals surface area (Å²) in [5, 5.41) is 2.94. The molecule has 102 valence electrons. The van der Waals surface area contributed by atoms with Gasteiger partial charge in [0.1, 0.15) is 10.7 Å². The van der Waals surface area contributed by atoms with Crippen LogP contribution < -0.4 is 15.8 Å². The molecular formula is C14H18N2O2S. The third-order valence-electron chi connectivity index (χ3n) is 3.36. The number of carbonyl (C=O) groups excluding carboxylic acids is 1. The van der Waals surface area contributed by atoms with Gasteiger partial charge in [-0.05, 0) is 24.0 Å². The largest absolute Gasteiger partial charge is 0.483 e. The number of carbonyl (C=O) groups is 1. The van der Waals surface area contributed by atoms with Crippen molar-refractivity contribution >= 4 is 23.1 Å². The molecule has 1 saturated carbocycles. The van der Waals surface area contributed by atoms with Crippen LogP contribution in [0.2, 0.25) is 0 Å². The normalized spacial score (nSPS) is 19.6. The second-order valence-electron chi connectivity index (χ2n) is 5.46. The highest BCUT2D eigenvalue weighted by molar-refractivity contribution is 7.80. The molecule has 0 aliphatic heterocycles.